The third-order valence-electron chi connectivity index (χ3n) is 6.07. The summed E-state index contributed by atoms with van der Waals surface area (Å²) in [6.45, 7) is 4.88. The molecule has 1 N–H and O–H groups in total. The standard InChI is InChI=1S/C26H29N5O2/c1-19(2)30-25(33)26(11-7-13-31(17-26)24(32)23-10-5-6-12-29-23)14-20-8-3-4-9-22(20)21-15-27-18-28-16-21/h3-6,8-10,12,15-16,18-19H,7,11,13-14,17H2,1-2H3,(H,30,33)/t26-/m1/s1. The predicted molar refractivity (Wildman–Crippen MR) is 126 cm³/mol. The zero-order valence-electron chi connectivity index (χ0n) is 19.1. The molecule has 7 heteroatoms. The maximum atomic E-state index is 13.6. The summed E-state index contributed by atoms with van der Waals surface area (Å²) in [5.74, 6) is -0.156. The van der Waals surface area contributed by atoms with Crippen molar-refractivity contribution in [3.63, 3.8) is 0 Å². The number of carbonyl (C=O) groups excluding carboxylic acids is 2. The second kappa shape index (κ2) is 9.90. The zero-order chi connectivity index (χ0) is 23.3. The smallest absolute Gasteiger partial charge is 0.272 e. The molecular formula is C26H29N5O2. The summed E-state index contributed by atoms with van der Waals surface area (Å²) in [6.07, 6.45) is 8.66. The van der Waals surface area contributed by atoms with Gasteiger partial charge in [-0.05, 0) is 56.4 Å². The molecule has 7 nitrogen and oxygen atoms in total. The van der Waals surface area contributed by atoms with Crippen molar-refractivity contribution in [1.29, 1.82) is 0 Å². The molecule has 0 saturated carbocycles. The van der Waals surface area contributed by atoms with Gasteiger partial charge >= 0.3 is 0 Å². The molecule has 3 aromatic rings. The summed E-state index contributed by atoms with van der Waals surface area (Å²) < 4.78 is 0. The van der Waals surface area contributed by atoms with Crippen LogP contribution in [0.4, 0.5) is 0 Å². The lowest BCUT2D eigenvalue weighted by Crippen LogP contribution is -2.55. The minimum atomic E-state index is -0.737. The number of nitrogens with one attached hydrogen (secondary N) is 1. The minimum Gasteiger partial charge on any atom is -0.353 e. The molecule has 1 aromatic carbocycles. The van der Waals surface area contributed by atoms with Gasteiger partial charge in [0.2, 0.25) is 5.91 Å². The molecule has 33 heavy (non-hydrogen) atoms. The molecular weight excluding hydrogens is 414 g/mol. The first-order chi connectivity index (χ1) is 16.0. The average molecular weight is 444 g/mol. The number of hydrogen-bond acceptors (Lipinski definition) is 5. The maximum Gasteiger partial charge on any atom is 0.272 e. The maximum absolute atomic E-state index is 13.6. The Hall–Kier alpha value is -3.61. The van der Waals surface area contributed by atoms with E-state index in [2.05, 4.69) is 20.3 Å². The van der Waals surface area contributed by atoms with E-state index in [1.807, 2.05) is 38.1 Å². The van der Waals surface area contributed by atoms with Crippen LogP contribution in [-0.4, -0.2) is 50.8 Å². The highest BCUT2D eigenvalue weighted by molar-refractivity contribution is 5.93. The number of amides is 2. The molecule has 2 aromatic heterocycles. The fourth-order valence-corrected chi connectivity index (χ4v) is 4.54. The average Bonchev–Trinajstić information content (AvgIpc) is 2.85. The first-order valence-electron chi connectivity index (χ1n) is 11.3. The van der Waals surface area contributed by atoms with E-state index in [0.717, 1.165) is 23.1 Å². The molecule has 1 atom stereocenters. The first-order valence-corrected chi connectivity index (χ1v) is 11.3. The fraction of sp³-hybridized carbons (Fsp3) is 0.346. The van der Waals surface area contributed by atoms with Gasteiger partial charge in [-0.25, -0.2) is 9.97 Å². The van der Waals surface area contributed by atoms with Gasteiger partial charge in [0.15, 0.2) is 0 Å². The van der Waals surface area contributed by atoms with E-state index in [-0.39, 0.29) is 17.9 Å². The molecule has 2 amide bonds. The van der Waals surface area contributed by atoms with Gasteiger partial charge < -0.3 is 10.2 Å². The van der Waals surface area contributed by atoms with Crippen LogP contribution in [0.5, 0.6) is 0 Å². The lowest BCUT2D eigenvalue weighted by atomic mass is 9.73. The topological polar surface area (TPSA) is 88.1 Å². The third-order valence-corrected chi connectivity index (χ3v) is 6.07. The Bertz CT molecular complexity index is 1100. The van der Waals surface area contributed by atoms with Gasteiger partial charge in [-0.2, -0.15) is 0 Å². The van der Waals surface area contributed by atoms with Gasteiger partial charge in [-0.3, -0.25) is 14.6 Å². The van der Waals surface area contributed by atoms with Crippen molar-refractivity contribution in [2.45, 2.75) is 39.2 Å². The predicted octanol–water partition coefficient (Wildman–Crippen LogP) is 3.53. The van der Waals surface area contributed by atoms with Crippen LogP contribution >= 0.6 is 0 Å². The summed E-state index contributed by atoms with van der Waals surface area (Å²) in [5, 5.41) is 3.11. The molecule has 0 unspecified atom stereocenters. The molecule has 1 saturated heterocycles. The Labute approximate surface area is 194 Å². The minimum absolute atomic E-state index is 0.00834. The van der Waals surface area contributed by atoms with E-state index in [1.165, 1.54) is 6.33 Å². The molecule has 0 aliphatic carbocycles. The third kappa shape index (κ3) is 5.08. The number of rotatable bonds is 6. The SMILES string of the molecule is CC(C)NC(=O)[C@@]1(Cc2ccccc2-c2cncnc2)CCCN(C(=O)c2ccccn2)C1. The first kappa shape index (κ1) is 22.6. The lowest BCUT2D eigenvalue weighted by molar-refractivity contribution is -0.134. The van der Waals surface area contributed by atoms with Crippen molar-refractivity contribution < 1.29 is 9.59 Å². The number of carbonyl (C=O) groups is 2. The summed E-state index contributed by atoms with van der Waals surface area (Å²) in [7, 11) is 0. The number of benzene rings is 1. The largest absolute Gasteiger partial charge is 0.353 e. The van der Waals surface area contributed by atoms with Crippen molar-refractivity contribution in [2.24, 2.45) is 5.41 Å². The van der Waals surface area contributed by atoms with Crippen molar-refractivity contribution in [3.8, 4) is 11.1 Å². The van der Waals surface area contributed by atoms with E-state index >= 15 is 0 Å². The second-order valence-electron chi connectivity index (χ2n) is 8.91. The van der Waals surface area contributed by atoms with Gasteiger partial charge in [-0.1, -0.05) is 30.3 Å². The summed E-state index contributed by atoms with van der Waals surface area (Å²) in [5.41, 5.74) is 2.61. The molecule has 1 fully saturated rings. The molecule has 170 valence electrons. The molecule has 3 heterocycles. The zero-order valence-corrected chi connectivity index (χ0v) is 19.1. The summed E-state index contributed by atoms with van der Waals surface area (Å²) in [4.78, 5) is 41.1. The second-order valence-corrected chi connectivity index (χ2v) is 8.91. The van der Waals surface area contributed by atoms with Crippen molar-refractivity contribution in [1.82, 2.24) is 25.2 Å². The lowest BCUT2D eigenvalue weighted by Gasteiger charge is -2.42. The molecule has 1 aliphatic heterocycles. The van der Waals surface area contributed by atoms with E-state index in [9.17, 15) is 9.59 Å². The Morgan fingerprint density at radius 3 is 2.58 bits per heavy atom. The fourth-order valence-electron chi connectivity index (χ4n) is 4.54. The van der Waals surface area contributed by atoms with Crippen LogP contribution in [-0.2, 0) is 11.2 Å². The number of aromatic nitrogens is 3. The molecule has 0 radical (unpaired) electrons. The Morgan fingerprint density at radius 1 is 1.09 bits per heavy atom. The van der Waals surface area contributed by atoms with E-state index in [4.69, 9.17) is 0 Å². The Morgan fingerprint density at radius 2 is 1.85 bits per heavy atom. The number of piperidine rings is 1. The quantitative estimate of drug-likeness (QED) is 0.630. The molecule has 0 spiro atoms. The van der Waals surface area contributed by atoms with Crippen molar-refractivity contribution in [2.75, 3.05) is 13.1 Å². The monoisotopic (exact) mass is 443 g/mol. The Balaban J connectivity index is 1.69. The van der Waals surface area contributed by atoms with Crippen LogP contribution in [0, 0.1) is 5.41 Å². The number of nitrogens with zero attached hydrogens (tertiary/aromatic N) is 4. The van der Waals surface area contributed by atoms with E-state index in [1.54, 1.807) is 41.7 Å². The Kier molecular flexibility index (Phi) is 6.77. The highest BCUT2D eigenvalue weighted by Crippen LogP contribution is 2.37. The number of pyridine rings is 1. The van der Waals surface area contributed by atoms with Crippen molar-refractivity contribution >= 4 is 11.8 Å². The van der Waals surface area contributed by atoms with E-state index in [0.29, 0.717) is 31.6 Å². The summed E-state index contributed by atoms with van der Waals surface area (Å²) >= 11 is 0. The molecule has 4 rings (SSSR count). The van der Waals surface area contributed by atoms with Gasteiger partial charge in [0.05, 0.1) is 5.41 Å². The van der Waals surface area contributed by atoms with Gasteiger partial charge in [0.25, 0.3) is 5.91 Å². The van der Waals surface area contributed by atoms with Crippen LogP contribution in [0.1, 0.15) is 42.7 Å². The van der Waals surface area contributed by atoms with Crippen LogP contribution < -0.4 is 5.32 Å². The highest BCUT2D eigenvalue weighted by Gasteiger charge is 2.44. The van der Waals surface area contributed by atoms with Crippen molar-refractivity contribution in [3.05, 3.63) is 78.6 Å². The van der Waals surface area contributed by atoms with Crippen LogP contribution in [0.15, 0.2) is 67.4 Å². The van der Waals surface area contributed by atoms with Crippen LogP contribution in [0.25, 0.3) is 11.1 Å². The van der Waals surface area contributed by atoms with Gasteiger partial charge in [-0.15, -0.1) is 0 Å². The summed E-state index contributed by atoms with van der Waals surface area (Å²) in [6, 6.07) is 13.4. The number of hydrogen-bond donors (Lipinski definition) is 1. The van der Waals surface area contributed by atoms with Gasteiger partial charge in [0, 0.05) is 43.3 Å². The van der Waals surface area contributed by atoms with E-state index < -0.39 is 5.41 Å². The molecule has 1 aliphatic rings. The molecule has 0 bridgehead atoms. The van der Waals surface area contributed by atoms with Crippen LogP contribution in [0.3, 0.4) is 0 Å². The van der Waals surface area contributed by atoms with Crippen LogP contribution in [0.2, 0.25) is 0 Å². The highest BCUT2D eigenvalue weighted by atomic mass is 16.2. The van der Waals surface area contributed by atoms with Gasteiger partial charge in [0.1, 0.15) is 12.0 Å². The number of likely N-dealkylation sites (tertiary alicyclic amines) is 1. The normalized spacial score (nSPS) is 18.2.